The molecule has 0 atom stereocenters. The van der Waals surface area contributed by atoms with Crippen LogP contribution in [0.1, 0.15) is 38.1 Å². The molecule has 0 amide bonds. The summed E-state index contributed by atoms with van der Waals surface area (Å²) in [4.78, 5) is 35.2. The Labute approximate surface area is 155 Å². The van der Waals surface area contributed by atoms with Crippen molar-refractivity contribution in [3.8, 4) is 11.5 Å². The SMILES string of the molecule is CC(C)(Br)C(=O)Oc1cc(OC(=O)C(C)(C)Br)cc(C(=O)Cl)c1. The molecule has 0 aliphatic rings. The fraction of sp³-hybridized carbons (Fsp3) is 0.400. The van der Waals surface area contributed by atoms with E-state index in [0.717, 1.165) is 0 Å². The van der Waals surface area contributed by atoms with E-state index < -0.39 is 25.8 Å². The third-order valence-electron chi connectivity index (χ3n) is 2.50. The summed E-state index contributed by atoms with van der Waals surface area (Å²) in [6.07, 6.45) is 0. The maximum Gasteiger partial charge on any atom is 0.327 e. The number of rotatable bonds is 5. The van der Waals surface area contributed by atoms with E-state index >= 15 is 0 Å². The van der Waals surface area contributed by atoms with Crippen molar-refractivity contribution >= 4 is 60.6 Å². The van der Waals surface area contributed by atoms with Crippen LogP contribution >= 0.6 is 43.5 Å². The smallest absolute Gasteiger partial charge is 0.327 e. The molecule has 0 heterocycles. The van der Waals surface area contributed by atoms with Crippen LogP contribution in [0.25, 0.3) is 0 Å². The van der Waals surface area contributed by atoms with Gasteiger partial charge in [0.15, 0.2) is 0 Å². The molecule has 5 nitrogen and oxygen atoms in total. The fourth-order valence-corrected chi connectivity index (χ4v) is 1.53. The highest BCUT2D eigenvalue weighted by atomic mass is 79.9. The van der Waals surface area contributed by atoms with E-state index in [4.69, 9.17) is 21.1 Å². The van der Waals surface area contributed by atoms with Crippen molar-refractivity contribution in [3.05, 3.63) is 23.8 Å². The predicted octanol–water partition coefficient (Wildman–Crippen LogP) is 4.22. The number of hydrogen-bond donors (Lipinski definition) is 0. The molecular weight excluding hydrogens is 455 g/mol. The van der Waals surface area contributed by atoms with Gasteiger partial charge in [-0.05, 0) is 51.4 Å². The predicted molar refractivity (Wildman–Crippen MR) is 93.9 cm³/mol. The molecule has 23 heavy (non-hydrogen) atoms. The average molecular weight is 471 g/mol. The summed E-state index contributed by atoms with van der Waals surface area (Å²) in [5, 5.41) is -0.767. The van der Waals surface area contributed by atoms with Crippen molar-refractivity contribution in [2.75, 3.05) is 0 Å². The monoisotopic (exact) mass is 468 g/mol. The lowest BCUT2D eigenvalue weighted by Crippen LogP contribution is -2.30. The molecule has 0 spiro atoms. The van der Waals surface area contributed by atoms with Gasteiger partial charge in [0, 0.05) is 11.6 Å². The molecule has 0 N–H and O–H groups in total. The molecule has 0 unspecified atom stereocenters. The highest BCUT2D eigenvalue weighted by Gasteiger charge is 2.28. The van der Waals surface area contributed by atoms with E-state index in [1.807, 2.05) is 0 Å². The highest BCUT2D eigenvalue weighted by Crippen LogP contribution is 2.28. The summed E-state index contributed by atoms with van der Waals surface area (Å²) in [6, 6.07) is 3.92. The maximum absolute atomic E-state index is 11.9. The summed E-state index contributed by atoms with van der Waals surface area (Å²) in [7, 11) is 0. The topological polar surface area (TPSA) is 69.7 Å². The van der Waals surface area contributed by atoms with Gasteiger partial charge in [-0.25, -0.2) is 0 Å². The lowest BCUT2D eigenvalue weighted by atomic mass is 10.2. The van der Waals surface area contributed by atoms with Gasteiger partial charge in [-0.2, -0.15) is 0 Å². The molecule has 0 aliphatic heterocycles. The van der Waals surface area contributed by atoms with Crippen LogP contribution in [-0.4, -0.2) is 25.8 Å². The minimum absolute atomic E-state index is 0.0412. The van der Waals surface area contributed by atoms with Gasteiger partial charge in [0.2, 0.25) is 0 Å². The molecule has 1 aromatic carbocycles. The van der Waals surface area contributed by atoms with E-state index in [2.05, 4.69) is 31.9 Å². The molecule has 0 aliphatic carbocycles. The van der Waals surface area contributed by atoms with Crippen molar-refractivity contribution in [2.45, 2.75) is 36.3 Å². The van der Waals surface area contributed by atoms with E-state index in [-0.39, 0.29) is 17.1 Å². The van der Waals surface area contributed by atoms with Gasteiger partial charge in [0.1, 0.15) is 20.1 Å². The van der Waals surface area contributed by atoms with E-state index in [0.29, 0.717) is 0 Å². The van der Waals surface area contributed by atoms with Gasteiger partial charge in [-0.1, -0.05) is 31.9 Å². The number of carbonyl (C=O) groups excluding carboxylic acids is 3. The first-order valence-corrected chi connectivity index (χ1v) is 8.44. The normalized spacial score (nSPS) is 11.8. The zero-order valence-corrected chi connectivity index (χ0v) is 16.8. The number of hydrogen-bond acceptors (Lipinski definition) is 5. The quantitative estimate of drug-likeness (QED) is 0.279. The summed E-state index contributed by atoms with van der Waals surface area (Å²) >= 11 is 11.8. The number of halogens is 3. The number of benzene rings is 1. The second-order valence-corrected chi connectivity index (χ2v) is 10.00. The fourth-order valence-electron chi connectivity index (χ4n) is 1.26. The first-order chi connectivity index (χ1) is 10.3. The molecule has 0 bridgehead atoms. The lowest BCUT2D eigenvalue weighted by molar-refractivity contribution is -0.136. The third-order valence-corrected chi connectivity index (χ3v) is 3.36. The Morgan fingerprint density at radius 3 is 1.48 bits per heavy atom. The van der Waals surface area contributed by atoms with Gasteiger partial charge in [-0.3, -0.25) is 14.4 Å². The molecule has 0 radical (unpaired) electrons. The lowest BCUT2D eigenvalue weighted by Gasteiger charge is -2.17. The third kappa shape index (κ3) is 6.24. The number of ether oxygens (including phenoxy) is 2. The Morgan fingerprint density at radius 1 is 0.870 bits per heavy atom. The van der Waals surface area contributed by atoms with Crippen molar-refractivity contribution in [2.24, 2.45) is 0 Å². The second kappa shape index (κ2) is 7.32. The molecule has 0 saturated carbocycles. The number of alkyl halides is 2. The molecule has 8 heteroatoms. The standard InChI is InChI=1S/C15H15Br2ClO5/c1-14(2,16)12(20)22-9-5-8(11(18)19)6-10(7-9)23-13(21)15(3,4)17/h5-7H,1-4H3. The summed E-state index contributed by atoms with van der Waals surface area (Å²) in [5.41, 5.74) is 0.0412. The summed E-state index contributed by atoms with van der Waals surface area (Å²) < 4.78 is 8.53. The van der Waals surface area contributed by atoms with Gasteiger partial charge in [0.25, 0.3) is 5.24 Å². The molecule has 1 aromatic rings. The Kier molecular flexibility index (Phi) is 6.40. The molecule has 0 aromatic heterocycles. The summed E-state index contributed by atoms with van der Waals surface area (Å²) in [6.45, 7) is 6.45. The highest BCUT2D eigenvalue weighted by molar-refractivity contribution is 9.10. The van der Waals surface area contributed by atoms with E-state index in [1.165, 1.54) is 18.2 Å². The van der Waals surface area contributed by atoms with Crippen LogP contribution in [0.4, 0.5) is 0 Å². The first-order valence-electron chi connectivity index (χ1n) is 6.48. The Morgan fingerprint density at radius 2 is 1.22 bits per heavy atom. The van der Waals surface area contributed by atoms with Crippen LogP contribution in [0.5, 0.6) is 11.5 Å². The largest absolute Gasteiger partial charge is 0.425 e. The van der Waals surface area contributed by atoms with Crippen LogP contribution in [0.3, 0.4) is 0 Å². The first kappa shape index (κ1) is 20.1. The second-order valence-electron chi connectivity index (χ2n) is 5.69. The average Bonchev–Trinajstić information content (AvgIpc) is 2.35. The minimum Gasteiger partial charge on any atom is -0.425 e. The molecule has 0 saturated heterocycles. The van der Waals surface area contributed by atoms with Gasteiger partial charge in [0.05, 0.1) is 0 Å². The van der Waals surface area contributed by atoms with Crippen molar-refractivity contribution in [3.63, 3.8) is 0 Å². The van der Waals surface area contributed by atoms with Crippen LogP contribution < -0.4 is 9.47 Å². The zero-order valence-electron chi connectivity index (χ0n) is 12.9. The molecule has 0 fully saturated rings. The molecule has 126 valence electrons. The minimum atomic E-state index is -0.914. The van der Waals surface area contributed by atoms with E-state index in [9.17, 15) is 14.4 Å². The molecule has 1 rings (SSSR count). The number of carbonyl (C=O) groups is 3. The van der Waals surface area contributed by atoms with Crippen LogP contribution in [0.15, 0.2) is 18.2 Å². The van der Waals surface area contributed by atoms with Crippen molar-refractivity contribution < 1.29 is 23.9 Å². The van der Waals surface area contributed by atoms with Gasteiger partial charge < -0.3 is 9.47 Å². The Hall–Kier alpha value is -0.920. The zero-order chi connectivity index (χ0) is 18.0. The Bertz CT molecular complexity index is 598. The van der Waals surface area contributed by atoms with Crippen LogP contribution in [0.2, 0.25) is 0 Å². The van der Waals surface area contributed by atoms with Crippen molar-refractivity contribution in [1.82, 2.24) is 0 Å². The summed E-state index contributed by atoms with van der Waals surface area (Å²) in [5.74, 6) is -1.06. The van der Waals surface area contributed by atoms with E-state index in [1.54, 1.807) is 27.7 Å². The Balaban J connectivity index is 3.16. The van der Waals surface area contributed by atoms with Crippen LogP contribution in [-0.2, 0) is 9.59 Å². The van der Waals surface area contributed by atoms with Crippen molar-refractivity contribution in [1.29, 1.82) is 0 Å². The maximum atomic E-state index is 11.9. The van der Waals surface area contributed by atoms with Crippen LogP contribution in [0, 0.1) is 0 Å². The van der Waals surface area contributed by atoms with Gasteiger partial charge in [-0.15, -0.1) is 0 Å². The molecular formula is C15H15Br2ClO5. The number of esters is 2. The van der Waals surface area contributed by atoms with Gasteiger partial charge >= 0.3 is 11.9 Å².